The van der Waals surface area contributed by atoms with Gasteiger partial charge in [-0.2, -0.15) is 0 Å². The van der Waals surface area contributed by atoms with E-state index in [1.54, 1.807) is 0 Å². The van der Waals surface area contributed by atoms with E-state index in [2.05, 4.69) is 21.3 Å². The molecule has 0 spiro atoms. The van der Waals surface area contributed by atoms with Gasteiger partial charge in [-0.05, 0) is 52.5 Å². The van der Waals surface area contributed by atoms with E-state index >= 15 is 0 Å². The summed E-state index contributed by atoms with van der Waals surface area (Å²) in [6.07, 6.45) is -0.210. The summed E-state index contributed by atoms with van der Waals surface area (Å²) in [5.41, 5.74) is 7.03. The van der Waals surface area contributed by atoms with Gasteiger partial charge in [0.05, 0.1) is 18.8 Å². The molecule has 260 valence electrons. The van der Waals surface area contributed by atoms with Gasteiger partial charge in [-0.1, -0.05) is 30.3 Å². The number of aliphatic carboxylic acids is 1. The van der Waals surface area contributed by atoms with Crippen LogP contribution in [0.2, 0.25) is 0 Å². The molecule has 0 unspecified atom stereocenters. The highest BCUT2D eigenvalue weighted by atomic mass is 16.4. The lowest BCUT2D eigenvalue weighted by Crippen LogP contribution is -2.60. The maximum absolute atomic E-state index is 13.1. The molecule has 47 heavy (non-hydrogen) atoms. The van der Waals surface area contributed by atoms with Crippen LogP contribution < -0.4 is 32.3 Å². The number of rotatable bonds is 16. The number of carboxylic acid groups (broad SMARTS) is 1. The summed E-state index contributed by atoms with van der Waals surface area (Å²) in [5, 5.41) is 39.7. The van der Waals surface area contributed by atoms with Crippen LogP contribution in [0, 0.1) is 0 Å². The van der Waals surface area contributed by atoms with E-state index in [9.17, 15) is 38.7 Å². The molecule has 10 N–H and O–H groups in total. The van der Waals surface area contributed by atoms with Gasteiger partial charge in [0.25, 0.3) is 0 Å². The van der Waals surface area contributed by atoms with Crippen LogP contribution in [0.3, 0.4) is 0 Å². The van der Waals surface area contributed by atoms with Gasteiger partial charge in [-0.3, -0.25) is 28.8 Å². The monoisotopic (exact) mass is 663 g/mol. The summed E-state index contributed by atoms with van der Waals surface area (Å²) in [6.45, 7) is 4.57. The molecule has 0 saturated carbocycles. The standard InChI is InChI=1S/C30H45N7O10/c1-15(24(40)32-16(2)25(41)35-21(14-38)30(46)47)34-28(44)23(18(4)39)36-26(42)17(3)33-27(43)22-11-8-12-37(22)29(45)20(31)13-19-9-6-5-7-10-19/h5-7,9-10,15-18,20-23,38-39H,8,11-14,31H2,1-4H3,(H,32,40)(H,33,43)(H,34,44)(H,35,41)(H,36,42)(H,46,47)/t15-,16-,17-,18+,20-,21-,22-,23-/m0/s1. The van der Waals surface area contributed by atoms with Crippen LogP contribution in [0.15, 0.2) is 30.3 Å². The number of aliphatic hydroxyl groups excluding tert-OH is 2. The number of carbonyl (C=O) groups is 7. The second kappa shape index (κ2) is 17.9. The van der Waals surface area contributed by atoms with Gasteiger partial charge >= 0.3 is 5.97 Å². The van der Waals surface area contributed by atoms with Crippen molar-refractivity contribution < 1.29 is 48.9 Å². The molecule has 0 radical (unpaired) electrons. The third kappa shape index (κ3) is 11.3. The molecule has 1 aromatic rings. The molecular weight excluding hydrogens is 618 g/mol. The van der Waals surface area contributed by atoms with E-state index in [1.807, 2.05) is 35.6 Å². The zero-order valence-electron chi connectivity index (χ0n) is 26.8. The Morgan fingerprint density at radius 2 is 1.36 bits per heavy atom. The predicted molar refractivity (Wildman–Crippen MR) is 166 cm³/mol. The highest BCUT2D eigenvalue weighted by Gasteiger charge is 2.38. The van der Waals surface area contributed by atoms with Gasteiger partial charge in [0.1, 0.15) is 36.3 Å². The Bertz CT molecular complexity index is 1290. The lowest BCUT2D eigenvalue weighted by atomic mass is 10.0. The normalized spacial score (nSPS) is 18.7. The van der Waals surface area contributed by atoms with Crippen molar-refractivity contribution in [2.75, 3.05) is 13.2 Å². The number of nitrogens with zero attached hydrogens (tertiary/aromatic N) is 1. The average Bonchev–Trinajstić information content (AvgIpc) is 3.52. The Labute approximate surface area is 272 Å². The molecule has 17 heteroatoms. The van der Waals surface area contributed by atoms with Crippen molar-refractivity contribution in [1.82, 2.24) is 31.5 Å². The fourth-order valence-electron chi connectivity index (χ4n) is 4.78. The molecule has 0 aromatic heterocycles. The van der Waals surface area contributed by atoms with Crippen molar-refractivity contribution in [3.05, 3.63) is 35.9 Å². The first-order chi connectivity index (χ1) is 22.1. The molecule has 0 bridgehead atoms. The lowest BCUT2D eigenvalue weighted by molar-refractivity contribution is -0.143. The molecule has 1 saturated heterocycles. The minimum atomic E-state index is -1.58. The Hall–Kier alpha value is -4.61. The Morgan fingerprint density at radius 1 is 0.830 bits per heavy atom. The van der Waals surface area contributed by atoms with Crippen molar-refractivity contribution in [3.63, 3.8) is 0 Å². The smallest absolute Gasteiger partial charge is 0.328 e. The molecule has 2 rings (SSSR count). The van der Waals surface area contributed by atoms with Gasteiger partial charge in [0, 0.05) is 6.54 Å². The molecule has 0 aliphatic carbocycles. The van der Waals surface area contributed by atoms with Crippen molar-refractivity contribution in [1.29, 1.82) is 0 Å². The van der Waals surface area contributed by atoms with E-state index < -0.39 is 96.4 Å². The molecule has 17 nitrogen and oxygen atoms in total. The van der Waals surface area contributed by atoms with Crippen LogP contribution in [0.25, 0.3) is 0 Å². The highest BCUT2D eigenvalue weighted by molar-refractivity contribution is 5.97. The van der Waals surface area contributed by atoms with E-state index in [1.165, 1.54) is 32.6 Å². The van der Waals surface area contributed by atoms with Crippen LogP contribution in [0.5, 0.6) is 0 Å². The summed E-state index contributed by atoms with van der Waals surface area (Å²) in [7, 11) is 0. The van der Waals surface area contributed by atoms with E-state index in [-0.39, 0.29) is 0 Å². The zero-order chi connectivity index (χ0) is 35.4. The third-order valence-electron chi connectivity index (χ3n) is 7.57. The van der Waals surface area contributed by atoms with Crippen LogP contribution in [0.4, 0.5) is 0 Å². The van der Waals surface area contributed by atoms with Crippen molar-refractivity contribution in [3.8, 4) is 0 Å². The van der Waals surface area contributed by atoms with Gasteiger partial charge in [0.2, 0.25) is 35.4 Å². The van der Waals surface area contributed by atoms with Gasteiger partial charge in [-0.25, -0.2) is 4.79 Å². The number of nitrogens with one attached hydrogen (secondary N) is 5. The second-order valence-electron chi connectivity index (χ2n) is 11.5. The molecule has 1 aliphatic heterocycles. The minimum Gasteiger partial charge on any atom is -0.480 e. The van der Waals surface area contributed by atoms with E-state index in [4.69, 9.17) is 15.9 Å². The van der Waals surface area contributed by atoms with E-state index in [0.29, 0.717) is 25.8 Å². The zero-order valence-corrected chi connectivity index (χ0v) is 26.8. The van der Waals surface area contributed by atoms with Gasteiger partial charge in [-0.15, -0.1) is 0 Å². The fourth-order valence-corrected chi connectivity index (χ4v) is 4.78. The van der Waals surface area contributed by atoms with E-state index in [0.717, 1.165) is 5.56 Å². The average molecular weight is 664 g/mol. The molecule has 1 heterocycles. The maximum Gasteiger partial charge on any atom is 0.328 e. The molecular formula is C30H45N7O10. The van der Waals surface area contributed by atoms with Crippen LogP contribution in [-0.4, -0.2) is 123 Å². The summed E-state index contributed by atoms with van der Waals surface area (Å²) in [6, 6.07) is 0.691. The number of amides is 6. The fraction of sp³-hybridized carbons (Fsp3) is 0.567. The molecule has 1 aromatic carbocycles. The Balaban J connectivity index is 1.93. The molecule has 8 atom stereocenters. The van der Waals surface area contributed by atoms with Crippen molar-refractivity contribution in [2.45, 2.75) is 95.4 Å². The number of carboxylic acids is 1. The summed E-state index contributed by atoms with van der Waals surface area (Å²) >= 11 is 0. The topological polar surface area (TPSA) is 270 Å². The van der Waals surface area contributed by atoms with Crippen molar-refractivity contribution in [2.24, 2.45) is 5.73 Å². The largest absolute Gasteiger partial charge is 0.480 e. The first-order valence-electron chi connectivity index (χ1n) is 15.2. The summed E-state index contributed by atoms with van der Waals surface area (Å²) < 4.78 is 0. The van der Waals surface area contributed by atoms with Crippen molar-refractivity contribution >= 4 is 41.4 Å². The number of hydrogen-bond acceptors (Lipinski definition) is 10. The summed E-state index contributed by atoms with van der Waals surface area (Å²) in [5.74, 6) is -5.96. The third-order valence-corrected chi connectivity index (χ3v) is 7.57. The first-order valence-corrected chi connectivity index (χ1v) is 15.2. The van der Waals surface area contributed by atoms with Crippen LogP contribution >= 0.6 is 0 Å². The quantitative estimate of drug-likeness (QED) is 0.0837. The number of benzene rings is 1. The highest BCUT2D eigenvalue weighted by Crippen LogP contribution is 2.19. The minimum absolute atomic E-state index is 0.290. The molecule has 1 aliphatic rings. The number of aliphatic hydroxyl groups is 2. The number of carbonyl (C=O) groups excluding carboxylic acids is 6. The van der Waals surface area contributed by atoms with Crippen LogP contribution in [0.1, 0.15) is 46.1 Å². The Kier molecular flexibility index (Phi) is 14.7. The number of likely N-dealkylation sites (tertiary alicyclic amines) is 1. The Morgan fingerprint density at radius 3 is 1.91 bits per heavy atom. The predicted octanol–water partition coefficient (Wildman–Crippen LogP) is -3.51. The van der Waals surface area contributed by atoms with Crippen LogP contribution in [-0.2, 0) is 40.0 Å². The second-order valence-corrected chi connectivity index (χ2v) is 11.5. The maximum atomic E-state index is 13.1. The van der Waals surface area contributed by atoms with Gasteiger partial charge < -0.3 is 52.5 Å². The molecule has 6 amide bonds. The SMILES string of the molecule is C[C@H](NC(=O)[C@H](C)NC(=O)[C@@H](NC(=O)[C@H](C)NC(=O)[C@@H]1CCCN1C(=O)[C@@H](N)Cc1ccccc1)[C@@H](C)O)C(=O)N[C@@H](CO)C(=O)O. The summed E-state index contributed by atoms with van der Waals surface area (Å²) in [4.78, 5) is 89.1. The number of nitrogens with two attached hydrogens (primary N) is 1. The molecule has 1 fully saturated rings. The lowest BCUT2D eigenvalue weighted by Gasteiger charge is -2.28. The first kappa shape index (κ1) is 38.6. The van der Waals surface area contributed by atoms with Gasteiger partial charge in [0.15, 0.2) is 0 Å². The number of hydrogen-bond donors (Lipinski definition) is 9.